The molecule has 0 aromatic heterocycles. The quantitative estimate of drug-likeness (QED) is 0.673. The zero-order valence-electron chi connectivity index (χ0n) is 9.55. The van der Waals surface area contributed by atoms with E-state index in [0.29, 0.717) is 5.78 Å². The first-order valence-corrected chi connectivity index (χ1v) is 5.80. The van der Waals surface area contributed by atoms with Crippen LogP contribution in [0.5, 0.6) is 0 Å². The lowest BCUT2D eigenvalue weighted by Gasteiger charge is -2.28. The van der Waals surface area contributed by atoms with Gasteiger partial charge in [0, 0.05) is 11.5 Å². The molecule has 1 aliphatic carbocycles. The standard InChI is InChI=1S/C12H21NO/c1-12(2,3)11(14)10-5-4-8-13(10)9-6-7-9/h9-10H,4-8H2,1-3H3/t10-/m0/s1. The van der Waals surface area contributed by atoms with E-state index in [1.54, 1.807) is 0 Å². The van der Waals surface area contributed by atoms with Crippen LogP contribution < -0.4 is 0 Å². The van der Waals surface area contributed by atoms with Gasteiger partial charge in [0.05, 0.1) is 6.04 Å². The van der Waals surface area contributed by atoms with Crippen molar-refractivity contribution in [1.82, 2.24) is 4.90 Å². The van der Waals surface area contributed by atoms with Crippen LogP contribution in [0.3, 0.4) is 0 Å². The van der Waals surface area contributed by atoms with Gasteiger partial charge in [-0.1, -0.05) is 20.8 Å². The third kappa shape index (κ3) is 1.85. The molecule has 0 radical (unpaired) electrons. The van der Waals surface area contributed by atoms with Crippen LogP contribution in [0, 0.1) is 5.41 Å². The molecule has 1 heterocycles. The summed E-state index contributed by atoms with van der Waals surface area (Å²) in [6.07, 6.45) is 4.93. The summed E-state index contributed by atoms with van der Waals surface area (Å²) in [5, 5.41) is 0. The second kappa shape index (κ2) is 3.34. The SMILES string of the molecule is CC(C)(C)C(=O)[C@@H]1CCCN1C1CC1. The summed E-state index contributed by atoms with van der Waals surface area (Å²) in [5.41, 5.74) is -0.165. The Labute approximate surface area is 86.7 Å². The van der Waals surface area contributed by atoms with E-state index in [0.717, 1.165) is 19.0 Å². The van der Waals surface area contributed by atoms with Gasteiger partial charge in [-0.3, -0.25) is 9.69 Å². The van der Waals surface area contributed by atoms with Crippen LogP contribution in [-0.2, 0) is 4.79 Å². The number of carbonyl (C=O) groups is 1. The lowest BCUT2D eigenvalue weighted by atomic mass is 9.85. The first kappa shape index (κ1) is 10.2. The molecule has 2 aliphatic rings. The Morgan fingerprint density at radius 3 is 2.36 bits per heavy atom. The maximum atomic E-state index is 12.2. The molecule has 2 nitrogen and oxygen atoms in total. The van der Waals surface area contributed by atoms with Crippen LogP contribution in [0.2, 0.25) is 0 Å². The summed E-state index contributed by atoms with van der Waals surface area (Å²) >= 11 is 0. The van der Waals surface area contributed by atoms with E-state index < -0.39 is 0 Å². The zero-order valence-corrected chi connectivity index (χ0v) is 9.55. The van der Waals surface area contributed by atoms with Gasteiger partial charge < -0.3 is 0 Å². The van der Waals surface area contributed by atoms with Gasteiger partial charge in [-0.2, -0.15) is 0 Å². The van der Waals surface area contributed by atoms with Crippen LogP contribution in [-0.4, -0.2) is 29.3 Å². The van der Waals surface area contributed by atoms with Crippen molar-refractivity contribution in [2.24, 2.45) is 5.41 Å². The average Bonchev–Trinajstić information content (AvgIpc) is 2.81. The third-order valence-corrected chi connectivity index (χ3v) is 3.35. The van der Waals surface area contributed by atoms with Gasteiger partial charge in [0.15, 0.2) is 5.78 Å². The fourth-order valence-corrected chi connectivity index (χ4v) is 2.41. The molecule has 14 heavy (non-hydrogen) atoms. The van der Waals surface area contributed by atoms with E-state index in [9.17, 15) is 4.79 Å². The number of hydrogen-bond donors (Lipinski definition) is 0. The van der Waals surface area contributed by atoms with Gasteiger partial charge in [0.2, 0.25) is 0 Å². The molecule has 0 bridgehead atoms. The Hall–Kier alpha value is -0.370. The lowest BCUT2D eigenvalue weighted by Crippen LogP contribution is -2.42. The number of carbonyl (C=O) groups excluding carboxylic acids is 1. The Morgan fingerprint density at radius 2 is 1.86 bits per heavy atom. The molecule has 2 fully saturated rings. The molecule has 1 saturated carbocycles. The Morgan fingerprint density at radius 1 is 1.21 bits per heavy atom. The summed E-state index contributed by atoms with van der Waals surface area (Å²) in [6, 6.07) is 0.983. The average molecular weight is 195 g/mol. The minimum Gasteiger partial charge on any atom is -0.297 e. The minimum atomic E-state index is -0.165. The second-order valence-corrected chi connectivity index (χ2v) is 5.74. The fourth-order valence-electron chi connectivity index (χ4n) is 2.41. The van der Waals surface area contributed by atoms with E-state index in [2.05, 4.69) is 4.90 Å². The highest BCUT2D eigenvalue weighted by Crippen LogP contribution is 2.36. The highest BCUT2D eigenvalue weighted by molar-refractivity contribution is 5.89. The maximum Gasteiger partial charge on any atom is 0.155 e. The number of likely N-dealkylation sites (tertiary alicyclic amines) is 1. The van der Waals surface area contributed by atoms with Crippen molar-refractivity contribution in [3.05, 3.63) is 0 Å². The molecular weight excluding hydrogens is 174 g/mol. The molecule has 0 amide bonds. The molecule has 2 rings (SSSR count). The molecule has 0 aromatic carbocycles. The first-order chi connectivity index (χ1) is 6.50. The Kier molecular flexibility index (Phi) is 2.42. The summed E-state index contributed by atoms with van der Waals surface area (Å²) in [7, 11) is 0. The van der Waals surface area contributed by atoms with E-state index in [4.69, 9.17) is 0 Å². The highest BCUT2D eigenvalue weighted by Gasteiger charge is 2.42. The van der Waals surface area contributed by atoms with Gasteiger partial charge in [0.1, 0.15) is 0 Å². The van der Waals surface area contributed by atoms with Gasteiger partial charge in [-0.25, -0.2) is 0 Å². The molecular formula is C12H21NO. The van der Waals surface area contributed by atoms with Crippen LogP contribution in [0.4, 0.5) is 0 Å². The van der Waals surface area contributed by atoms with E-state index in [1.807, 2.05) is 20.8 Å². The predicted octanol–water partition coefficient (Wildman–Crippen LogP) is 2.23. The van der Waals surface area contributed by atoms with Crippen molar-refractivity contribution in [1.29, 1.82) is 0 Å². The summed E-state index contributed by atoms with van der Waals surface area (Å²) in [4.78, 5) is 14.6. The first-order valence-electron chi connectivity index (χ1n) is 5.80. The number of nitrogens with zero attached hydrogens (tertiary/aromatic N) is 1. The van der Waals surface area contributed by atoms with Crippen LogP contribution in [0.25, 0.3) is 0 Å². The predicted molar refractivity (Wildman–Crippen MR) is 57.2 cm³/mol. The summed E-state index contributed by atoms with van der Waals surface area (Å²) in [6.45, 7) is 7.27. The monoisotopic (exact) mass is 195 g/mol. The Balaban J connectivity index is 2.05. The Bertz CT molecular complexity index is 237. The number of Topliss-reactive ketones (excluding diaryl/α,β-unsaturated/α-hetero) is 1. The topological polar surface area (TPSA) is 20.3 Å². The molecule has 0 aromatic rings. The molecule has 1 saturated heterocycles. The summed E-state index contributed by atoms with van der Waals surface area (Å²) in [5.74, 6) is 0.446. The maximum absolute atomic E-state index is 12.2. The lowest BCUT2D eigenvalue weighted by molar-refractivity contribution is -0.131. The molecule has 1 atom stereocenters. The van der Waals surface area contributed by atoms with Crippen molar-refractivity contribution in [3.63, 3.8) is 0 Å². The minimum absolute atomic E-state index is 0.165. The van der Waals surface area contributed by atoms with Crippen molar-refractivity contribution >= 4 is 5.78 Å². The van der Waals surface area contributed by atoms with Crippen molar-refractivity contribution in [2.45, 2.75) is 58.5 Å². The van der Waals surface area contributed by atoms with Gasteiger partial charge in [-0.15, -0.1) is 0 Å². The molecule has 0 unspecified atom stereocenters. The van der Waals surface area contributed by atoms with Gasteiger partial charge in [-0.05, 0) is 32.2 Å². The molecule has 2 heteroatoms. The van der Waals surface area contributed by atoms with Gasteiger partial charge in [0.25, 0.3) is 0 Å². The van der Waals surface area contributed by atoms with Crippen molar-refractivity contribution in [3.8, 4) is 0 Å². The molecule has 0 spiro atoms. The smallest absolute Gasteiger partial charge is 0.155 e. The number of ketones is 1. The van der Waals surface area contributed by atoms with E-state index >= 15 is 0 Å². The van der Waals surface area contributed by atoms with E-state index in [-0.39, 0.29) is 11.5 Å². The second-order valence-electron chi connectivity index (χ2n) is 5.74. The van der Waals surface area contributed by atoms with E-state index in [1.165, 1.54) is 19.3 Å². The van der Waals surface area contributed by atoms with Crippen molar-refractivity contribution < 1.29 is 4.79 Å². The molecule has 1 aliphatic heterocycles. The molecule has 0 N–H and O–H groups in total. The third-order valence-electron chi connectivity index (χ3n) is 3.35. The summed E-state index contributed by atoms with van der Waals surface area (Å²) < 4.78 is 0. The molecule has 80 valence electrons. The van der Waals surface area contributed by atoms with Crippen LogP contribution in [0.1, 0.15) is 46.5 Å². The highest BCUT2D eigenvalue weighted by atomic mass is 16.1. The largest absolute Gasteiger partial charge is 0.297 e. The van der Waals surface area contributed by atoms with Gasteiger partial charge >= 0.3 is 0 Å². The van der Waals surface area contributed by atoms with Crippen molar-refractivity contribution in [2.75, 3.05) is 6.54 Å². The number of hydrogen-bond acceptors (Lipinski definition) is 2. The normalized spacial score (nSPS) is 29.5. The fraction of sp³-hybridized carbons (Fsp3) is 0.917. The zero-order chi connectivity index (χ0) is 10.3. The van der Waals surface area contributed by atoms with Crippen LogP contribution >= 0.6 is 0 Å². The number of rotatable bonds is 2. The van der Waals surface area contributed by atoms with Crippen LogP contribution in [0.15, 0.2) is 0 Å².